The molecule has 0 aliphatic carbocycles. The Morgan fingerprint density at radius 3 is 2.74 bits per heavy atom. The van der Waals surface area contributed by atoms with Crippen molar-refractivity contribution in [3.05, 3.63) is 24.0 Å². The van der Waals surface area contributed by atoms with Gasteiger partial charge in [0.2, 0.25) is 0 Å². The Hall–Kier alpha value is -0.800. The van der Waals surface area contributed by atoms with E-state index in [0.717, 1.165) is 26.1 Å². The van der Waals surface area contributed by atoms with E-state index in [9.17, 15) is 0 Å². The van der Waals surface area contributed by atoms with Crippen LogP contribution in [0.1, 0.15) is 51.6 Å². The van der Waals surface area contributed by atoms with Crippen molar-refractivity contribution in [3.63, 3.8) is 0 Å². The number of ether oxygens (including phenoxy) is 1. The van der Waals surface area contributed by atoms with Crippen LogP contribution in [0, 0.1) is 5.92 Å². The van der Waals surface area contributed by atoms with Gasteiger partial charge in [-0.15, -0.1) is 0 Å². The van der Waals surface area contributed by atoms with E-state index in [2.05, 4.69) is 49.1 Å². The molecule has 0 aliphatic rings. The predicted octanol–water partition coefficient (Wildman–Crippen LogP) is 3.61. The smallest absolute Gasteiger partial charge is 0.0462 e. The first-order valence-electron chi connectivity index (χ1n) is 7.57. The minimum absolute atomic E-state index is 0.472. The molecule has 3 nitrogen and oxygen atoms in total. The first kappa shape index (κ1) is 16.3. The lowest BCUT2D eigenvalue weighted by Gasteiger charge is -2.21. The maximum atomic E-state index is 5.08. The highest BCUT2D eigenvalue weighted by Gasteiger charge is 2.15. The fourth-order valence-corrected chi connectivity index (χ4v) is 2.36. The number of aromatic nitrogens is 1. The minimum atomic E-state index is 0.472. The average Bonchev–Trinajstić information content (AvgIpc) is 2.83. The zero-order chi connectivity index (χ0) is 14.1. The van der Waals surface area contributed by atoms with E-state index in [1.165, 1.54) is 18.4 Å². The molecule has 1 unspecified atom stereocenters. The molecule has 1 aromatic heterocycles. The topological polar surface area (TPSA) is 26.2 Å². The van der Waals surface area contributed by atoms with E-state index in [-0.39, 0.29) is 0 Å². The summed E-state index contributed by atoms with van der Waals surface area (Å²) in [5, 5.41) is 3.64. The lowest BCUT2D eigenvalue weighted by atomic mass is 9.98. The van der Waals surface area contributed by atoms with Crippen LogP contribution in [-0.2, 0) is 11.3 Å². The molecule has 110 valence electrons. The third kappa shape index (κ3) is 5.79. The second-order valence-corrected chi connectivity index (χ2v) is 5.56. The van der Waals surface area contributed by atoms with Crippen molar-refractivity contribution in [3.8, 4) is 0 Å². The van der Waals surface area contributed by atoms with Crippen LogP contribution in [0.5, 0.6) is 0 Å². The third-order valence-corrected chi connectivity index (χ3v) is 3.43. The number of hydrogen-bond donors (Lipinski definition) is 1. The highest BCUT2D eigenvalue weighted by atomic mass is 16.5. The average molecular weight is 266 g/mol. The van der Waals surface area contributed by atoms with Gasteiger partial charge in [0.25, 0.3) is 0 Å². The Morgan fingerprint density at radius 2 is 2.11 bits per heavy atom. The van der Waals surface area contributed by atoms with Gasteiger partial charge >= 0.3 is 0 Å². The van der Waals surface area contributed by atoms with Gasteiger partial charge in [0, 0.05) is 38.7 Å². The van der Waals surface area contributed by atoms with E-state index < -0.39 is 0 Å². The summed E-state index contributed by atoms with van der Waals surface area (Å²) in [4.78, 5) is 0. The molecule has 3 heteroatoms. The van der Waals surface area contributed by atoms with Crippen molar-refractivity contribution in [2.75, 3.05) is 20.3 Å². The van der Waals surface area contributed by atoms with Crippen molar-refractivity contribution >= 4 is 0 Å². The fourth-order valence-electron chi connectivity index (χ4n) is 2.36. The zero-order valence-electron chi connectivity index (χ0n) is 13.0. The zero-order valence-corrected chi connectivity index (χ0v) is 13.0. The molecule has 0 aromatic carbocycles. The highest BCUT2D eigenvalue weighted by Crippen LogP contribution is 2.22. The monoisotopic (exact) mass is 266 g/mol. The first-order chi connectivity index (χ1) is 9.19. The summed E-state index contributed by atoms with van der Waals surface area (Å²) < 4.78 is 7.38. The molecule has 0 amide bonds. The van der Waals surface area contributed by atoms with Crippen LogP contribution in [0.25, 0.3) is 0 Å². The first-order valence-corrected chi connectivity index (χ1v) is 7.57. The van der Waals surface area contributed by atoms with Crippen LogP contribution in [0.15, 0.2) is 18.5 Å². The summed E-state index contributed by atoms with van der Waals surface area (Å²) in [6, 6.07) is 2.73. The molecule has 1 atom stereocenters. The number of methoxy groups -OCH3 is 1. The molecular weight excluding hydrogens is 236 g/mol. The summed E-state index contributed by atoms with van der Waals surface area (Å²) in [5.74, 6) is 0.621. The molecule has 0 saturated heterocycles. The normalized spacial score (nSPS) is 13.1. The van der Waals surface area contributed by atoms with E-state index in [0.29, 0.717) is 12.0 Å². The number of aryl methyl sites for hydroxylation is 1. The maximum absolute atomic E-state index is 5.08. The summed E-state index contributed by atoms with van der Waals surface area (Å²) in [7, 11) is 1.76. The highest BCUT2D eigenvalue weighted by molar-refractivity contribution is 5.16. The van der Waals surface area contributed by atoms with Gasteiger partial charge < -0.3 is 14.6 Å². The molecule has 19 heavy (non-hydrogen) atoms. The standard InChI is InChI=1S/C16H30N2O/c1-5-9-17-16(14(2)3)15-8-11-18(13-15)10-6-7-12-19-4/h8,11,13-14,16-17H,5-7,9-10,12H2,1-4H3. The molecule has 1 aromatic rings. The van der Waals surface area contributed by atoms with Gasteiger partial charge in [0.1, 0.15) is 0 Å². The molecular formula is C16H30N2O. The summed E-state index contributed by atoms with van der Waals surface area (Å²) in [5.41, 5.74) is 1.41. The molecule has 0 spiro atoms. The van der Waals surface area contributed by atoms with Gasteiger partial charge in [-0.1, -0.05) is 20.8 Å². The maximum Gasteiger partial charge on any atom is 0.0462 e. The van der Waals surface area contributed by atoms with Crippen LogP contribution < -0.4 is 5.32 Å². The molecule has 1 heterocycles. The molecule has 1 rings (SSSR count). The minimum Gasteiger partial charge on any atom is -0.385 e. The van der Waals surface area contributed by atoms with Crippen molar-refractivity contribution in [2.24, 2.45) is 5.92 Å². The molecule has 0 aliphatic heterocycles. The Morgan fingerprint density at radius 1 is 1.32 bits per heavy atom. The number of hydrogen-bond acceptors (Lipinski definition) is 2. The second kappa shape index (κ2) is 9.16. The Balaban J connectivity index is 2.50. The summed E-state index contributed by atoms with van der Waals surface area (Å²) >= 11 is 0. The van der Waals surface area contributed by atoms with Crippen LogP contribution in [-0.4, -0.2) is 24.8 Å². The van der Waals surface area contributed by atoms with Crippen LogP contribution in [0.3, 0.4) is 0 Å². The number of unbranched alkanes of at least 4 members (excludes halogenated alkanes) is 1. The lowest BCUT2D eigenvalue weighted by molar-refractivity contribution is 0.191. The number of nitrogens with one attached hydrogen (secondary N) is 1. The molecule has 0 radical (unpaired) electrons. The van der Waals surface area contributed by atoms with Crippen LogP contribution >= 0.6 is 0 Å². The van der Waals surface area contributed by atoms with E-state index in [4.69, 9.17) is 4.74 Å². The van der Waals surface area contributed by atoms with Gasteiger partial charge in [0.05, 0.1) is 0 Å². The van der Waals surface area contributed by atoms with Crippen molar-refractivity contribution in [2.45, 2.75) is 52.6 Å². The van der Waals surface area contributed by atoms with Gasteiger partial charge in [-0.2, -0.15) is 0 Å². The van der Waals surface area contributed by atoms with E-state index in [1.807, 2.05) is 0 Å². The lowest BCUT2D eigenvalue weighted by Crippen LogP contribution is -2.26. The van der Waals surface area contributed by atoms with Gasteiger partial charge in [-0.05, 0) is 43.4 Å². The number of rotatable bonds is 10. The fraction of sp³-hybridized carbons (Fsp3) is 0.750. The van der Waals surface area contributed by atoms with Gasteiger partial charge in [-0.3, -0.25) is 0 Å². The molecule has 1 N–H and O–H groups in total. The predicted molar refractivity (Wildman–Crippen MR) is 81.4 cm³/mol. The molecule has 0 fully saturated rings. The van der Waals surface area contributed by atoms with Crippen molar-refractivity contribution in [1.82, 2.24) is 9.88 Å². The largest absolute Gasteiger partial charge is 0.385 e. The number of nitrogens with zero attached hydrogens (tertiary/aromatic N) is 1. The third-order valence-electron chi connectivity index (χ3n) is 3.43. The van der Waals surface area contributed by atoms with Crippen molar-refractivity contribution < 1.29 is 4.74 Å². The summed E-state index contributed by atoms with van der Waals surface area (Å²) in [6.07, 6.45) is 7.98. The van der Waals surface area contributed by atoms with Crippen LogP contribution in [0.4, 0.5) is 0 Å². The van der Waals surface area contributed by atoms with E-state index in [1.54, 1.807) is 7.11 Å². The molecule has 0 bridgehead atoms. The van der Waals surface area contributed by atoms with Crippen LogP contribution in [0.2, 0.25) is 0 Å². The summed E-state index contributed by atoms with van der Waals surface area (Å²) in [6.45, 7) is 9.81. The van der Waals surface area contributed by atoms with Gasteiger partial charge in [0.15, 0.2) is 0 Å². The Kier molecular flexibility index (Phi) is 7.84. The Bertz CT molecular complexity index is 333. The van der Waals surface area contributed by atoms with Gasteiger partial charge in [-0.25, -0.2) is 0 Å². The second-order valence-electron chi connectivity index (χ2n) is 5.56. The SMILES string of the molecule is CCCNC(c1ccn(CCCCOC)c1)C(C)C. The Labute approximate surface area is 118 Å². The van der Waals surface area contributed by atoms with E-state index >= 15 is 0 Å². The quantitative estimate of drug-likeness (QED) is 0.655. The molecule has 0 saturated carbocycles. The van der Waals surface area contributed by atoms with Crippen molar-refractivity contribution in [1.29, 1.82) is 0 Å².